The van der Waals surface area contributed by atoms with Crippen molar-refractivity contribution in [1.29, 1.82) is 0 Å². The Hall–Kier alpha value is -2.21. The molecule has 0 spiro atoms. The second kappa shape index (κ2) is 5.42. The smallest absolute Gasteiger partial charge is 0.342 e. The van der Waals surface area contributed by atoms with Crippen LogP contribution >= 0.6 is 0 Å². The summed E-state index contributed by atoms with van der Waals surface area (Å²) in [5.74, 6) is 0.165. The molecule has 0 aliphatic heterocycles. The van der Waals surface area contributed by atoms with E-state index in [1.165, 1.54) is 37.4 Å². The lowest BCUT2D eigenvalue weighted by Crippen LogP contribution is -2.11. The van der Waals surface area contributed by atoms with E-state index in [4.69, 9.17) is 8.92 Å². The molecule has 2 aromatic rings. The largest absolute Gasteiger partial charge is 0.508 e. The third-order valence-electron chi connectivity index (χ3n) is 2.61. The Bertz CT molecular complexity index is 722. The Morgan fingerprint density at radius 3 is 2.50 bits per heavy atom. The summed E-state index contributed by atoms with van der Waals surface area (Å²) in [4.78, 5) is -0.0525. The van der Waals surface area contributed by atoms with Crippen LogP contribution in [0, 0.1) is 6.92 Å². The molecule has 0 unspecified atom stereocenters. The number of methoxy groups -OCH3 is 1. The van der Waals surface area contributed by atoms with E-state index in [1.54, 1.807) is 19.1 Å². The minimum Gasteiger partial charge on any atom is -0.508 e. The van der Waals surface area contributed by atoms with Gasteiger partial charge in [-0.15, -0.1) is 0 Å². The van der Waals surface area contributed by atoms with Gasteiger partial charge in [0.05, 0.1) is 7.11 Å². The van der Waals surface area contributed by atoms with Crippen LogP contribution in [-0.4, -0.2) is 20.6 Å². The first-order chi connectivity index (χ1) is 9.42. The summed E-state index contributed by atoms with van der Waals surface area (Å²) in [5, 5.41) is 9.33. The lowest BCUT2D eigenvalue weighted by atomic mass is 10.2. The van der Waals surface area contributed by atoms with Gasteiger partial charge in [0.15, 0.2) is 0 Å². The minimum absolute atomic E-state index is 0.0357. The second-order valence-electron chi connectivity index (χ2n) is 4.19. The fraction of sp³-hybridized carbons (Fsp3) is 0.143. The lowest BCUT2D eigenvalue weighted by Gasteiger charge is -2.11. The number of hydrogen-bond donors (Lipinski definition) is 1. The maximum atomic E-state index is 12.3. The number of aryl methyl sites for hydroxylation is 1. The van der Waals surface area contributed by atoms with Crippen molar-refractivity contribution in [2.75, 3.05) is 7.11 Å². The summed E-state index contributed by atoms with van der Waals surface area (Å²) in [6.07, 6.45) is 0. The van der Waals surface area contributed by atoms with Gasteiger partial charge >= 0.3 is 10.1 Å². The van der Waals surface area contributed by atoms with Gasteiger partial charge in [-0.1, -0.05) is 12.1 Å². The monoisotopic (exact) mass is 294 g/mol. The van der Waals surface area contributed by atoms with E-state index >= 15 is 0 Å². The fourth-order valence-corrected chi connectivity index (χ4v) is 2.86. The lowest BCUT2D eigenvalue weighted by molar-refractivity contribution is 0.398. The Morgan fingerprint density at radius 2 is 1.85 bits per heavy atom. The quantitative estimate of drug-likeness (QED) is 0.877. The molecule has 1 N–H and O–H groups in total. The molecule has 0 radical (unpaired) electrons. The van der Waals surface area contributed by atoms with Crippen molar-refractivity contribution < 1.29 is 22.4 Å². The molecule has 0 saturated carbocycles. The predicted octanol–water partition coefficient (Wildman–Crippen LogP) is 2.48. The zero-order chi connectivity index (χ0) is 14.8. The molecule has 0 atom stereocenters. The summed E-state index contributed by atoms with van der Waals surface area (Å²) >= 11 is 0. The van der Waals surface area contributed by atoms with Gasteiger partial charge in [0, 0.05) is 6.07 Å². The topological polar surface area (TPSA) is 72.8 Å². The molecule has 20 heavy (non-hydrogen) atoms. The Balaban J connectivity index is 2.43. The number of phenols is 1. The number of rotatable bonds is 4. The van der Waals surface area contributed by atoms with Crippen LogP contribution in [0.5, 0.6) is 17.2 Å². The van der Waals surface area contributed by atoms with Crippen LogP contribution in [-0.2, 0) is 10.1 Å². The molecule has 6 heteroatoms. The van der Waals surface area contributed by atoms with Gasteiger partial charge in [-0.2, -0.15) is 8.42 Å². The summed E-state index contributed by atoms with van der Waals surface area (Å²) in [7, 11) is -2.64. The molecule has 0 amide bonds. The van der Waals surface area contributed by atoms with Crippen LogP contribution < -0.4 is 8.92 Å². The van der Waals surface area contributed by atoms with Crippen molar-refractivity contribution in [3.05, 3.63) is 48.0 Å². The van der Waals surface area contributed by atoms with E-state index < -0.39 is 10.1 Å². The number of aromatic hydroxyl groups is 1. The van der Waals surface area contributed by atoms with Crippen molar-refractivity contribution in [1.82, 2.24) is 0 Å². The van der Waals surface area contributed by atoms with E-state index in [0.717, 1.165) is 5.56 Å². The molecule has 2 rings (SSSR count). The average Bonchev–Trinajstić information content (AvgIpc) is 2.38. The Labute approximate surface area is 117 Å². The van der Waals surface area contributed by atoms with Gasteiger partial charge in [0.2, 0.25) is 0 Å². The summed E-state index contributed by atoms with van der Waals surface area (Å²) in [6, 6.07) is 10.4. The van der Waals surface area contributed by atoms with Crippen LogP contribution in [0.2, 0.25) is 0 Å². The standard InChI is InChI=1S/C14H14O5S/c1-10-6-7-13(18-2)14(8-10)20(16,17)19-12-5-3-4-11(15)9-12/h3-9,15H,1-2H3. The van der Waals surface area contributed by atoms with Crippen molar-refractivity contribution in [3.63, 3.8) is 0 Å². The summed E-state index contributed by atoms with van der Waals surface area (Å²) in [6.45, 7) is 1.77. The maximum Gasteiger partial charge on any atom is 0.342 e. The van der Waals surface area contributed by atoms with Gasteiger partial charge in [0.1, 0.15) is 22.1 Å². The van der Waals surface area contributed by atoms with Gasteiger partial charge in [-0.05, 0) is 36.8 Å². The molecule has 5 nitrogen and oxygen atoms in total. The van der Waals surface area contributed by atoms with Crippen molar-refractivity contribution in [2.45, 2.75) is 11.8 Å². The van der Waals surface area contributed by atoms with E-state index in [-0.39, 0.29) is 22.1 Å². The third kappa shape index (κ3) is 3.03. The fourth-order valence-electron chi connectivity index (χ4n) is 1.69. The van der Waals surface area contributed by atoms with E-state index in [0.29, 0.717) is 0 Å². The van der Waals surface area contributed by atoms with Gasteiger partial charge < -0.3 is 14.0 Å². The zero-order valence-corrected chi connectivity index (χ0v) is 11.8. The van der Waals surface area contributed by atoms with Crippen LogP contribution in [0.15, 0.2) is 47.4 Å². The normalized spacial score (nSPS) is 11.1. The van der Waals surface area contributed by atoms with E-state index in [2.05, 4.69) is 0 Å². The Kier molecular flexibility index (Phi) is 3.85. The van der Waals surface area contributed by atoms with Gasteiger partial charge in [-0.25, -0.2) is 0 Å². The first kappa shape index (κ1) is 14.2. The first-order valence-corrected chi connectivity index (χ1v) is 7.21. The molecule has 0 aliphatic rings. The molecule has 0 aliphatic carbocycles. The average molecular weight is 294 g/mol. The molecular formula is C14H14O5S. The molecule has 106 valence electrons. The summed E-state index contributed by atoms with van der Waals surface area (Å²) < 4.78 is 34.6. The van der Waals surface area contributed by atoms with Crippen LogP contribution in [0.4, 0.5) is 0 Å². The molecule has 0 bridgehead atoms. The van der Waals surface area contributed by atoms with Crippen LogP contribution in [0.25, 0.3) is 0 Å². The van der Waals surface area contributed by atoms with Gasteiger partial charge in [0.25, 0.3) is 0 Å². The molecule has 0 heterocycles. The maximum absolute atomic E-state index is 12.3. The number of hydrogen-bond acceptors (Lipinski definition) is 5. The zero-order valence-electron chi connectivity index (χ0n) is 11.0. The SMILES string of the molecule is COc1ccc(C)cc1S(=O)(=O)Oc1cccc(O)c1. The third-order valence-corrected chi connectivity index (χ3v) is 3.88. The molecule has 0 saturated heterocycles. The first-order valence-electron chi connectivity index (χ1n) is 5.80. The van der Waals surface area contributed by atoms with Crippen molar-refractivity contribution in [2.24, 2.45) is 0 Å². The molecule has 0 fully saturated rings. The number of benzene rings is 2. The van der Waals surface area contributed by atoms with Gasteiger partial charge in [-0.3, -0.25) is 0 Å². The van der Waals surface area contributed by atoms with E-state index in [1.807, 2.05) is 0 Å². The minimum atomic E-state index is -4.03. The highest BCUT2D eigenvalue weighted by molar-refractivity contribution is 7.87. The Morgan fingerprint density at radius 1 is 1.10 bits per heavy atom. The highest BCUT2D eigenvalue weighted by atomic mass is 32.2. The van der Waals surface area contributed by atoms with Crippen LogP contribution in [0.1, 0.15) is 5.56 Å². The summed E-state index contributed by atoms with van der Waals surface area (Å²) in [5.41, 5.74) is 0.767. The predicted molar refractivity (Wildman–Crippen MR) is 73.7 cm³/mol. The number of ether oxygens (including phenoxy) is 1. The van der Waals surface area contributed by atoms with E-state index in [9.17, 15) is 13.5 Å². The second-order valence-corrected chi connectivity index (χ2v) is 5.70. The van der Waals surface area contributed by atoms with Crippen LogP contribution in [0.3, 0.4) is 0 Å². The van der Waals surface area contributed by atoms with Crippen molar-refractivity contribution >= 4 is 10.1 Å². The number of phenolic OH excluding ortho intramolecular Hbond substituents is 1. The van der Waals surface area contributed by atoms with Crippen molar-refractivity contribution in [3.8, 4) is 17.2 Å². The molecule has 0 aromatic heterocycles. The molecular weight excluding hydrogens is 280 g/mol. The highest BCUT2D eigenvalue weighted by Gasteiger charge is 2.22. The molecule has 2 aromatic carbocycles. The highest BCUT2D eigenvalue weighted by Crippen LogP contribution is 2.28.